The van der Waals surface area contributed by atoms with Crippen LogP contribution in [0.5, 0.6) is 0 Å². The van der Waals surface area contributed by atoms with Gasteiger partial charge in [0, 0.05) is 0 Å². The van der Waals surface area contributed by atoms with Crippen molar-refractivity contribution >= 4 is 9.84 Å². The fourth-order valence-corrected chi connectivity index (χ4v) is 2.47. The summed E-state index contributed by atoms with van der Waals surface area (Å²) < 4.78 is 28.6. The lowest BCUT2D eigenvalue weighted by molar-refractivity contribution is 0.316. The minimum atomic E-state index is -3.48. The molecule has 0 saturated carbocycles. The predicted molar refractivity (Wildman–Crippen MR) is 59.1 cm³/mol. The van der Waals surface area contributed by atoms with Crippen molar-refractivity contribution in [1.82, 2.24) is 0 Å². The summed E-state index contributed by atoms with van der Waals surface area (Å²) in [4.78, 5) is 0.253. The molecule has 4 heteroatoms. The monoisotopic (exact) mass is 226 g/mol. The highest BCUT2D eigenvalue weighted by atomic mass is 32.2. The molecule has 3 nitrogen and oxygen atoms in total. The molecular formula is C11H14O3S. The maximum atomic E-state index is 11.9. The number of rotatable bonds is 3. The molecule has 82 valence electrons. The minimum Gasteiger partial charge on any atom is -0.486 e. The number of aryl methyl sites for hydroxylation is 1. The first-order chi connectivity index (χ1) is 7.02. The molecule has 0 aromatic heterocycles. The Morgan fingerprint density at radius 2 is 1.80 bits per heavy atom. The van der Waals surface area contributed by atoms with Gasteiger partial charge in [-0.2, -0.15) is 0 Å². The Bertz CT molecular complexity index is 455. The minimum absolute atomic E-state index is 0.0219. The molecule has 0 spiro atoms. The largest absolute Gasteiger partial charge is 0.486 e. The van der Waals surface area contributed by atoms with Crippen molar-refractivity contribution < 1.29 is 13.2 Å². The van der Waals surface area contributed by atoms with Gasteiger partial charge in [-0.1, -0.05) is 17.7 Å². The Morgan fingerprint density at radius 1 is 1.27 bits per heavy atom. The summed E-state index contributed by atoms with van der Waals surface area (Å²) in [6.45, 7) is 3.54. The molecule has 0 N–H and O–H groups in total. The molecule has 1 aromatic carbocycles. The smallest absolute Gasteiger partial charge is 0.238 e. The second-order valence-corrected chi connectivity index (χ2v) is 5.01. The molecule has 0 aliphatic heterocycles. The van der Waals surface area contributed by atoms with Crippen molar-refractivity contribution in [1.29, 1.82) is 0 Å². The van der Waals surface area contributed by atoms with Crippen LogP contribution in [0.3, 0.4) is 0 Å². The van der Waals surface area contributed by atoms with Crippen molar-refractivity contribution in [2.75, 3.05) is 7.11 Å². The highest BCUT2D eigenvalue weighted by Crippen LogP contribution is 2.19. The third-order valence-corrected chi connectivity index (χ3v) is 3.86. The molecule has 0 aliphatic carbocycles. The third kappa shape index (κ3) is 2.39. The first kappa shape index (κ1) is 11.8. The fraction of sp³-hybridized carbons (Fsp3) is 0.273. The summed E-state index contributed by atoms with van der Waals surface area (Å²) in [6, 6.07) is 6.67. The summed E-state index contributed by atoms with van der Waals surface area (Å²) in [7, 11) is -2.13. The van der Waals surface area contributed by atoms with E-state index in [4.69, 9.17) is 4.74 Å². The van der Waals surface area contributed by atoms with Gasteiger partial charge in [0.25, 0.3) is 0 Å². The Balaban J connectivity index is 3.23. The molecule has 0 bridgehead atoms. The number of allylic oxidation sites excluding steroid dienone is 1. The zero-order valence-corrected chi connectivity index (χ0v) is 9.84. The normalized spacial score (nSPS) is 12.6. The van der Waals surface area contributed by atoms with E-state index in [1.807, 2.05) is 6.92 Å². The zero-order valence-electron chi connectivity index (χ0n) is 9.02. The lowest BCUT2D eigenvalue weighted by Crippen LogP contribution is -2.06. The highest BCUT2D eigenvalue weighted by molar-refractivity contribution is 7.95. The van der Waals surface area contributed by atoms with Crippen LogP contribution >= 0.6 is 0 Å². The molecule has 1 rings (SSSR count). The second kappa shape index (κ2) is 4.49. The van der Waals surface area contributed by atoms with Crippen LogP contribution in [0.2, 0.25) is 0 Å². The van der Waals surface area contributed by atoms with Gasteiger partial charge in [-0.25, -0.2) is 8.42 Å². The topological polar surface area (TPSA) is 43.4 Å². The van der Waals surface area contributed by atoms with Gasteiger partial charge in [0.2, 0.25) is 14.9 Å². The molecule has 15 heavy (non-hydrogen) atoms. The molecule has 0 saturated heterocycles. The quantitative estimate of drug-likeness (QED) is 0.743. The van der Waals surface area contributed by atoms with Crippen LogP contribution < -0.4 is 0 Å². The van der Waals surface area contributed by atoms with Gasteiger partial charge in [0.15, 0.2) is 0 Å². The zero-order chi connectivity index (χ0) is 11.5. The molecule has 0 fully saturated rings. The average Bonchev–Trinajstić information content (AvgIpc) is 2.19. The molecule has 0 aliphatic rings. The van der Waals surface area contributed by atoms with Crippen LogP contribution in [-0.4, -0.2) is 15.5 Å². The van der Waals surface area contributed by atoms with Crippen molar-refractivity contribution in [2.45, 2.75) is 18.7 Å². The van der Waals surface area contributed by atoms with Crippen molar-refractivity contribution in [3.8, 4) is 0 Å². The van der Waals surface area contributed by atoms with Crippen LogP contribution in [0.25, 0.3) is 0 Å². The third-order valence-electron chi connectivity index (χ3n) is 2.03. The summed E-state index contributed by atoms with van der Waals surface area (Å²) in [5.41, 5.74) is 1.02. The SMILES string of the molecule is C/C=C(\OC)S(=O)(=O)c1ccc(C)cc1. The first-order valence-electron chi connectivity index (χ1n) is 4.54. The van der Waals surface area contributed by atoms with E-state index < -0.39 is 9.84 Å². The van der Waals surface area contributed by atoms with Gasteiger partial charge in [-0.3, -0.25) is 0 Å². The second-order valence-electron chi connectivity index (χ2n) is 3.13. The summed E-state index contributed by atoms with van der Waals surface area (Å²) >= 11 is 0. The van der Waals surface area contributed by atoms with Crippen LogP contribution in [0.15, 0.2) is 40.3 Å². The Labute approximate surface area is 90.3 Å². The van der Waals surface area contributed by atoms with Crippen molar-refractivity contribution in [2.24, 2.45) is 0 Å². The van der Waals surface area contributed by atoms with Crippen molar-refractivity contribution in [3.05, 3.63) is 41.0 Å². The van der Waals surface area contributed by atoms with Gasteiger partial charge >= 0.3 is 0 Å². The first-order valence-corrected chi connectivity index (χ1v) is 6.02. The van der Waals surface area contributed by atoms with Gasteiger partial charge in [0.1, 0.15) is 0 Å². The molecule has 0 radical (unpaired) electrons. The molecule has 0 unspecified atom stereocenters. The molecule has 0 atom stereocenters. The van der Waals surface area contributed by atoms with Gasteiger partial charge in [-0.05, 0) is 32.1 Å². The number of hydrogen-bond acceptors (Lipinski definition) is 3. The number of benzene rings is 1. The van der Waals surface area contributed by atoms with E-state index in [1.165, 1.54) is 13.2 Å². The lowest BCUT2D eigenvalue weighted by Gasteiger charge is -2.07. The van der Waals surface area contributed by atoms with E-state index >= 15 is 0 Å². The maximum absolute atomic E-state index is 11.9. The average molecular weight is 226 g/mol. The number of methoxy groups -OCH3 is 1. The summed E-state index contributed by atoms with van der Waals surface area (Å²) in [6.07, 6.45) is 1.44. The van der Waals surface area contributed by atoms with E-state index in [9.17, 15) is 8.42 Å². The molecule has 0 amide bonds. The van der Waals surface area contributed by atoms with E-state index in [0.29, 0.717) is 0 Å². The summed E-state index contributed by atoms with van der Waals surface area (Å²) in [5, 5.41) is -0.0219. The number of ether oxygens (including phenoxy) is 1. The highest BCUT2D eigenvalue weighted by Gasteiger charge is 2.20. The lowest BCUT2D eigenvalue weighted by atomic mass is 10.2. The Kier molecular flexibility index (Phi) is 3.52. The summed E-state index contributed by atoms with van der Waals surface area (Å²) in [5.74, 6) is 0. The Hall–Kier alpha value is -1.29. The van der Waals surface area contributed by atoms with Crippen LogP contribution in [0.4, 0.5) is 0 Å². The number of hydrogen-bond donors (Lipinski definition) is 0. The van der Waals surface area contributed by atoms with E-state index in [-0.39, 0.29) is 9.99 Å². The predicted octanol–water partition coefficient (Wildman–Crippen LogP) is 2.28. The van der Waals surface area contributed by atoms with Crippen LogP contribution in [0, 0.1) is 6.92 Å². The van der Waals surface area contributed by atoms with Crippen LogP contribution in [-0.2, 0) is 14.6 Å². The van der Waals surface area contributed by atoms with E-state index in [2.05, 4.69) is 0 Å². The van der Waals surface area contributed by atoms with E-state index in [1.54, 1.807) is 31.2 Å². The standard InChI is InChI=1S/C11H14O3S/c1-4-11(14-3)15(12,13)10-7-5-9(2)6-8-10/h4-8H,1-3H3/b11-4+. The molecule has 0 heterocycles. The maximum Gasteiger partial charge on any atom is 0.238 e. The van der Waals surface area contributed by atoms with E-state index in [0.717, 1.165) is 5.56 Å². The van der Waals surface area contributed by atoms with Gasteiger partial charge in [0.05, 0.1) is 12.0 Å². The Morgan fingerprint density at radius 3 is 2.20 bits per heavy atom. The van der Waals surface area contributed by atoms with Crippen molar-refractivity contribution in [3.63, 3.8) is 0 Å². The molecule has 1 aromatic rings. The molecular weight excluding hydrogens is 212 g/mol. The van der Waals surface area contributed by atoms with Crippen LogP contribution in [0.1, 0.15) is 12.5 Å². The van der Waals surface area contributed by atoms with Gasteiger partial charge < -0.3 is 4.74 Å². The van der Waals surface area contributed by atoms with Gasteiger partial charge in [-0.15, -0.1) is 0 Å². The number of sulfone groups is 1. The fourth-order valence-electron chi connectivity index (χ4n) is 1.22.